The lowest BCUT2D eigenvalue weighted by Crippen LogP contribution is -2.16. The fourth-order valence-corrected chi connectivity index (χ4v) is 1.52. The highest BCUT2D eigenvalue weighted by molar-refractivity contribution is 6.04. The van der Waals surface area contributed by atoms with Crippen LogP contribution in [-0.4, -0.2) is 22.9 Å². The van der Waals surface area contributed by atoms with E-state index in [1.165, 1.54) is 19.3 Å². The molecular weight excluding hydrogens is 247 g/mol. The summed E-state index contributed by atoms with van der Waals surface area (Å²) in [5, 5.41) is 5.11. The molecule has 0 aliphatic carbocycles. The van der Waals surface area contributed by atoms with E-state index in [0.29, 0.717) is 5.82 Å². The predicted octanol–water partition coefficient (Wildman–Crippen LogP) is 2.22. The van der Waals surface area contributed by atoms with Gasteiger partial charge in [-0.05, 0) is 24.6 Å². The first kappa shape index (κ1) is 12.9. The van der Waals surface area contributed by atoms with E-state index >= 15 is 0 Å². The van der Waals surface area contributed by atoms with E-state index < -0.39 is 11.7 Å². The molecule has 0 saturated heterocycles. The summed E-state index contributed by atoms with van der Waals surface area (Å²) in [6.45, 7) is 1.89. The molecule has 2 rings (SSSR count). The van der Waals surface area contributed by atoms with Gasteiger partial charge in [-0.25, -0.2) is 14.4 Å². The topological polar surface area (TPSA) is 66.9 Å². The number of nitrogens with zero attached hydrogens (tertiary/aromatic N) is 2. The first-order valence-corrected chi connectivity index (χ1v) is 5.68. The Hall–Kier alpha value is -2.50. The zero-order valence-corrected chi connectivity index (χ0v) is 10.6. The summed E-state index contributed by atoms with van der Waals surface area (Å²) in [7, 11) is 1.54. The van der Waals surface area contributed by atoms with Crippen molar-refractivity contribution in [2.75, 3.05) is 17.7 Å². The van der Waals surface area contributed by atoms with Crippen LogP contribution in [0.25, 0.3) is 0 Å². The summed E-state index contributed by atoms with van der Waals surface area (Å²) in [5.41, 5.74) is 0.896. The van der Waals surface area contributed by atoms with Crippen molar-refractivity contribution in [3.8, 4) is 0 Å². The number of hydrogen-bond donors (Lipinski definition) is 2. The van der Waals surface area contributed by atoms with Crippen molar-refractivity contribution in [1.29, 1.82) is 0 Å². The molecule has 0 spiro atoms. The van der Waals surface area contributed by atoms with E-state index in [4.69, 9.17) is 0 Å². The molecule has 6 heteroatoms. The molecule has 0 fully saturated rings. The number of nitrogens with one attached hydrogen (secondary N) is 2. The first-order valence-electron chi connectivity index (χ1n) is 5.68. The molecule has 98 valence electrons. The molecule has 0 aliphatic heterocycles. The minimum atomic E-state index is -0.686. The van der Waals surface area contributed by atoms with Crippen LogP contribution in [-0.2, 0) is 0 Å². The molecule has 0 bridgehead atoms. The zero-order valence-electron chi connectivity index (χ0n) is 10.6. The third-order valence-corrected chi connectivity index (χ3v) is 2.52. The monoisotopic (exact) mass is 260 g/mol. The molecule has 2 aromatic heterocycles. The van der Waals surface area contributed by atoms with Crippen molar-refractivity contribution in [3.63, 3.8) is 0 Å². The highest BCUT2D eigenvalue weighted by Gasteiger charge is 2.15. The molecule has 5 nitrogen and oxygen atoms in total. The van der Waals surface area contributed by atoms with Crippen LogP contribution in [0, 0.1) is 12.7 Å². The maximum absolute atomic E-state index is 13.9. The molecule has 2 aromatic rings. The third kappa shape index (κ3) is 2.85. The van der Waals surface area contributed by atoms with Crippen LogP contribution < -0.4 is 10.6 Å². The van der Waals surface area contributed by atoms with Crippen molar-refractivity contribution in [3.05, 3.63) is 47.5 Å². The van der Waals surface area contributed by atoms with Crippen LogP contribution in [0.5, 0.6) is 0 Å². The van der Waals surface area contributed by atoms with Gasteiger partial charge in [0.05, 0.1) is 5.56 Å². The number of carbonyl (C=O) groups is 1. The molecule has 19 heavy (non-hydrogen) atoms. The van der Waals surface area contributed by atoms with E-state index in [1.807, 2.05) is 13.0 Å². The van der Waals surface area contributed by atoms with Crippen LogP contribution in [0.15, 0.2) is 30.6 Å². The van der Waals surface area contributed by atoms with Gasteiger partial charge in [0.1, 0.15) is 5.82 Å². The maximum Gasteiger partial charge on any atom is 0.259 e. The molecular formula is C13H13FN4O. The molecule has 2 heterocycles. The number of pyridine rings is 2. The van der Waals surface area contributed by atoms with Crippen molar-refractivity contribution in [2.45, 2.75) is 6.92 Å². The smallest absolute Gasteiger partial charge is 0.259 e. The van der Waals surface area contributed by atoms with Gasteiger partial charge in [0.2, 0.25) is 0 Å². The number of anilines is 2. The lowest BCUT2D eigenvalue weighted by Gasteiger charge is -2.07. The fourth-order valence-electron chi connectivity index (χ4n) is 1.52. The van der Waals surface area contributed by atoms with Crippen LogP contribution in [0.4, 0.5) is 16.0 Å². The Labute approximate surface area is 109 Å². The fraction of sp³-hybridized carbons (Fsp3) is 0.154. The lowest BCUT2D eigenvalue weighted by atomic mass is 10.2. The molecule has 0 aromatic carbocycles. The normalized spacial score (nSPS) is 10.1. The highest BCUT2D eigenvalue weighted by atomic mass is 19.1. The Morgan fingerprint density at radius 1 is 1.26 bits per heavy atom. The average molecular weight is 260 g/mol. The summed E-state index contributed by atoms with van der Waals surface area (Å²) < 4.78 is 13.9. The van der Waals surface area contributed by atoms with Gasteiger partial charge >= 0.3 is 0 Å². The van der Waals surface area contributed by atoms with Gasteiger partial charge in [0, 0.05) is 19.4 Å². The zero-order chi connectivity index (χ0) is 13.8. The first-order chi connectivity index (χ1) is 9.11. The number of hydrogen-bond acceptors (Lipinski definition) is 4. The van der Waals surface area contributed by atoms with Crippen molar-refractivity contribution >= 4 is 17.5 Å². The molecule has 0 radical (unpaired) electrons. The van der Waals surface area contributed by atoms with Gasteiger partial charge in [-0.3, -0.25) is 4.79 Å². The Bertz CT molecular complexity index is 598. The van der Waals surface area contributed by atoms with Gasteiger partial charge in [0.15, 0.2) is 11.6 Å². The molecule has 1 amide bonds. The molecule has 2 N–H and O–H groups in total. The Kier molecular flexibility index (Phi) is 3.70. The standard InChI is InChI=1S/C13H13FN4O/c1-8-3-4-10(17-7-8)18-13(19)9-5-6-16-12(15-2)11(9)14/h3-7H,1-2H3,(H,15,16)(H,17,18,19). The average Bonchev–Trinajstić information content (AvgIpc) is 2.41. The minimum absolute atomic E-state index is 0.0320. The quantitative estimate of drug-likeness (QED) is 0.888. The van der Waals surface area contributed by atoms with Crippen LogP contribution in [0.2, 0.25) is 0 Å². The van der Waals surface area contributed by atoms with E-state index in [-0.39, 0.29) is 11.4 Å². The Balaban J connectivity index is 2.23. The molecule has 0 saturated carbocycles. The van der Waals surface area contributed by atoms with Gasteiger partial charge < -0.3 is 10.6 Å². The second kappa shape index (κ2) is 5.43. The molecule has 0 atom stereocenters. The number of rotatable bonds is 3. The maximum atomic E-state index is 13.9. The molecule has 0 unspecified atom stereocenters. The summed E-state index contributed by atoms with van der Waals surface area (Å²) in [4.78, 5) is 19.7. The minimum Gasteiger partial charge on any atom is -0.371 e. The summed E-state index contributed by atoms with van der Waals surface area (Å²) in [5.74, 6) is -0.843. The van der Waals surface area contributed by atoms with Crippen LogP contribution in [0.1, 0.15) is 15.9 Å². The largest absolute Gasteiger partial charge is 0.371 e. The lowest BCUT2D eigenvalue weighted by molar-refractivity contribution is 0.102. The van der Waals surface area contributed by atoms with Crippen molar-refractivity contribution in [1.82, 2.24) is 9.97 Å². The van der Waals surface area contributed by atoms with Gasteiger partial charge in [0.25, 0.3) is 5.91 Å². The van der Waals surface area contributed by atoms with E-state index in [0.717, 1.165) is 5.56 Å². The van der Waals surface area contributed by atoms with Crippen LogP contribution >= 0.6 is 0 Å². The summed E-state index contributed by atoms with van der Waals surface area (Å²) in [6.07, 6.45) is 2.99. The van der Waals surface area contributed by atoms with Gasteiger partial charge in [-0.1, -0.05) is 6.07 Å². The number of aryl methyl sites for hydroxylation is 1. The van der Waals surface area contributed by atoms with Crippen molar-refractivity contribution < 1.29 is 9.18 Å². The van der Waals surface area contributed by atoms with E-state index in [1.54, 1.807) is 12.3 Å². The van der Waals surface area contributed by atoms with E-state index in [2.05, 4.69) is 20.6 Å². The highest BCUT2D eigenvalue weighted by Crippen LogP contribution is 2.15. The summed E-state index contributed by atoms with van der Waals surface area (Å²) >= 11 is 0. The number of halogens is 1. The Morgan fingerprint density at radius 2 is 2.05 bits per heavy atom. The van der Waals surface area contributed by atoms with Crippen molar-refractivity contribution in [2.24, 2.45) is 0 Å². The number of carbonyl (C=O) groups excluding carboxylic acids is 1. The SMILES string of the molecule is CNc1nccc(C(=O)Nc2ccc(C)cn2)c1F. The van der Waals surface area contributed by atoms with E-state index in [9.17, 15) is 9.18 Å². The predicted molar refractivity (Wildman–Crippen MR) is 70.7 cm³/mol. The Morgan fingerprint density at radius 3 is 2.68 bits per heavy atom. The van der Waals surface area contributed by atoms with Gasteiger partial charge in [-0.15, -0.1) is 0 Å². The molecule has 0 aliphatic rings. The second-order valence-electron chi connectivity index (χ2n) is 3.95. The number of amides is 1. The van der Waals surface area contributed by atoms with Crippen LogP contribution in [0.3, 0.4) is 0 Å². The summed E-state index contributed by atoms with van der Waals surface area (Å²) in [6, 6.07) is 4.79. The van der Waals surface area contributed by atoms with Gasteiger partial charge in [-0.2, -0.15) is 0 Å². The second-order valence-corrected chi connectivity index (χ2v) is 3.95. The third-order valence-electron chi connectivity index (χ3n) is 2.52. The number of aromatic nitrogens is 2.